The first-order valence-corrected chi connectivity index (χ1v) is 7.70. The molecule has 37 heavy (non-hydrogen) atoms. The van der Waals surface area contributed by atoms with Crippen molar-refractivity contribution in [3.8, 4) is 0 Å². The van der Waals surface area contributed by atoms with Gasteiger partial charge in [-0.05, 0) is 0 Å². The number of halogens is 21. The van der Waals surface area contributed by atoms with E-state index in [2.05, 4.69) is 0 Å². The Hall–Kier alpha value is -0.590. The molecule has 0 radical (unpaired) electrons. The van der Waals surface area contributed by atoms with Crippen LogP contribution in [0.1, 0.15) is 0 Å². The van der Waals surface area contributed by atoms with E-state index in [9.17, 15) is 92.2 Å². The summed E-state index contributed by atoms with van der Waals surface area (Å²) >= 11 is 0. The second kappa shape index (κ2) is 9.23. The molecule has 0 bridgehead atoms. The van der Waals surface area contributed by atoms with Crippen LogP contribution >= 0.6 is 0 Å². The molecule has 1 N–H and O–H groups in total. The van der Waals surface area contributed by atoms with Crippen molar-refractivity contribution in [1.29, 1.82) is 0 Å². The Morgan fingerprint density at radius 3 is 1.11 bits per heavy atom. The van der Waals surface area contributed by atoms with Crippen LogP contribution in [0, 0.1) is 0 Å². The molecule has 0 amide bonds. The predicted octanol–water partition coefficient (Wildman–Crippen LogP) is 5.27. The number of rotatable bonds is 9. The second-order valence-corrected chi connectivity index (χ2v) is 6.62. The Labute approximate surface area is 209 Å². The molecule has 1 heterocycles. The number of hydrogen-bond donors (Lipinski definition) is 1. The number of hydrogen-bond acceptors (Lipinski definition) is 3. The van der Waals surface area contributed by atoms with Gasteiger partial charge in [0.2, 0.25) is 0 Å². The molecule has 0 spiro atoms. The molecule has 3 nitrogen and oxygen atoms in total. The van der Waals surface area contributed by atoms with Gasteiger partial charge in [0, 0.05) is 0 Å². The van der Waals surface area contributed by atoms with Crippen LogP contribution < -0.4 is 0 Å². The van der Waals surface area contributed by atoms with Gasteiger partial charge in [0.15, 0.2) is 0 Å². The molecule has 1 rings (SSSR count). The molecule has 0 saturated carbocycles. The van der Waals surface area contributed by atoms with Gasteiger partial charge in [0.1, 0.15) is 0 Å². The molecule has 0 aromatic carbocycles. The van der Waals surface area contributed by atoms with Crippen molar-refractivity contribution in [3.63, 3.8) is 0 Å². The van der Waals surface area contributed by atoms with E-state index in [1.165, 1.54) is 0 Å². The van der Waals surface area contributed by atoms with Gasteiger partial charge in [-0.15, -0.1) is 0 Å². The van der Waals surface area contributed by atoms with Gasteiger partial charge in [-0.1, -0.05) is 0 Å². The third-order valence-electron chi connectivity index (χ3n) is 4.32. The average Bonchev–Trinajstić information content (AvgIpc) is 2.89. The van der Waals surface area contributed by atoms with E-state index in [-0.39, 0.29) is 29.6 Å². The van der Waals surface area contributed by atoms with Crippen molar-refractivity contribution in [3.05, 3.63) is 0 Å². The minimum atomic E-state index is -8.53. The first kappa shape index (κ1) is 36.4. The SMILES string of the molecule is OC(F)(F)C1(C(F)(F)C(F)(F)C(F)(F)C(F)F)OC(F)(F)C(F)(C(F)(F)C(F)(F)C(F)(F)C(F)F)O1.[NaH]. The van der Waals surface area contributed by atoms with Crippen LogP contribution in [0.2, 0.25) is 0 Å². The summed E-state index contributed by atoms with van der Waals surface area (Å²) in [4.78, 5) is 0. The van der Waals surface area contributed by atoms with Crippen LogP contribution in [0.25, 0.3) is 0 Å². The maximum absolute atomic E-state index is 14.3. The molecule has 2 unspecified atom stereocenters. The number of ether oxygens (including phenoxy) is 2. The molecule has 1 fully saturated rings. The van der Waals surface area contributed by atoms with Gasteiger partial charge < -0.3 is 5.11 Å². The van der Waals surface area contributed by atoms with Gasteiger partial charge in [0.25, 0.3) is 0 Å². The fourth-order valence-electron chi connectivity index (χ4n) is 2.31. The summed E-state index contributed by atoms with van der Waals surface area (Å²) in [6.07, 6.45) is -27.7. The molecule has 218 valence electrons. The molecule has 2 atom stereocenters. The van der Waals surface area contributed by atoms with E-state index in [1.54, 1.807) is 9.47 Å². The Balaban J connectivity index is 0.0000130. The quantitative estimate of drug-likeness (QED) is 0.283. The van der Waals surface area contributed by atoms with Gasteiger partial charge in [-0.2, -0.15) is 74.6 Å². The van der Waals surface area contributed by atoms with E-state index in [4.69, 9.17) is 5.11 Å². The summed E-state index contributed by atoms with van der Waals surface area (Å²) in [7, 11) is 0. The third-order valence-corrected chi connectivity index (χ3v) is 4.32. The second-order valence-electron chi connectivity index (χ2n) is 6.62. The fourth-order valence-corrected chi connectivity index (χ4v) is 2.31. The zero-order valence-electron chi connectivity index (χ0n) is 15.4. The fraction of sp³-hybridized carbons (Fsp3) is 1.00. The van der Waals surface area contributed by atoms with Crippen LogP contribution in [0.3, 0.4) is 0 Å². The summed E-state index contributed by atoms with van der Waals surface area (Å²) in [6.45, 7) is 0. The first-order chi connectivity index (χ1) is 15.3. The van der Waals surface area contributed by atoms with E-state index >= 15 is 0 Å². The molecule has 25 heteroatoms. The summed E-state index contributed by atoms with van der Waals surface area (Å²) in [6, 6.07) is 0. The third kappa shape index (κ3) is 4.34. The van der Waals surface area contributed by atoms with Crippen molar-refractivity contribution in [1.82, 2.24) is 0 Å². The zero-order valence-corrected chi connectivity index (χ0v) is 15.4. The van der Waals surface area contributed by atoms with E-state index in [0.717, 1.165) is 0 Å². The topological polar surface area (TPSA) is 38.7 Å². The Morgan fingerprint density at radius 2 is 0.838 bits per heavy atom. The van der Waals surface area contributed by atoms with Crippen molar-refractivity contribution in [2.24, 2.45) is 0 Å². The van der Waals surface area contributed by atoms with Crippen molar-refractivity contribution in [2.45, 2.75) is 72.2 Å². The van der Waals surface area contributed by atoms with Crippen molar-refractivity contribution in [2.75, 3.05) is 0 Å². The van der Waals surface area contributed by atoms with Crippen molar-refractivity contribution >= 4 is 29.6 Å². The predicted molar refractivity (Wildman–Crippen MR) is 69.7 cm³/mol. The maximum atomic E-state index is 14.3. The summed E-state index contributed by atoms with van der Waals surface area (Å²) in [5.74, 6) is -65.1. The van der Waals surface area contributed by atoms with E-state index < -0.39 is 72.2 Å². The molecule has 0 aliphatic carbocycles. The molecular weight excluding hydrogens is 614 g/mol. The zero-order chi connectivity index (χ0) is 29.6. The van der Waals surface area contributed by atoms with Crippen LogP contribution in [0.15, 0.2) is 0 Å². The normalized spacial score (nSPS) is 26.6. The molecule has 1 aliphatic rings. The van der Waals surface area contributed by atoms with Gasteiger partial charge in [-0.3, -0.25) is 9.47 Å². The first-order valence-electron chi connectivity index (χ1n) is 7.70. The van der Waals surface area contributed by atoms with E-state index in [1.807, 2.05) is 0 Å². The van der Waals surface area contributed by atoms with Crippen molar-refractivity contribution < 1.29 is 107 Å². The molecule has 1 aliphatic heterocycles. The Morgan fingerprint density at radius 1 is 0.541 bits per heavy atom. The van der Waals surface area contributed by atoms with Gasteiger partial charge in [0.05, 0.1) is 0 Å². The average molecular weight is 618 g/mol. The minimum absolute atomic E-state index is 0. The summed E-state index contributed by atoms with van der Waals surface area (Å²) in [5.41, 5.74) is 0. The number of aliphatic hydroxyl groups is 1. The Bertz CT molecular complexity index is 839. The molecular formula is C12H4F21NaO3. The number of alkyl halides is 21. The summed E-state index contributed by atoms with van der Waals surface area (Å²) in [5, 5.41) is 8.22. The van der Waals surface area contributed by atoms with Crippen LogP contribution in [-0.2, 0) is 9.47 Å². The molecule has 0 aromatic heterocycles. The van der Waals surface area contributed by atoms with Crippen LogP contribution in [-0.4, -0.2) is 107 Å². The van der Waals surface area contributed by atoms with Crippen LogP contribution in [0.5, 0.6) is 0 Å². The molecule has 0 aromatic rings. The standard InChI is InChI=1S/C12H3F21O3.Na.H/c13-1(14)3(17,18)5(21,22)7(25,26)9(29)12(32,33)36-10(35-9,11(30,31)34)8(27,28)6(23,24)4(19,20)2(15)16;;/h1-2,34H;;. The van der Waals surface area contributed by atoms with Gasteiger partial charge in [-0.25, -0.2) is 17.6 Å². The monoisotopic (exact) mass is 618 g/mol. The van der Waals surface area contributed by atoms with Gasteiger partial charge >= 0.3 is 102 Å². The summed E-state index contributed by atoms with van der Waals surface area (Å²) < 4.78 is 281. The van der Waals surface area contributed by atoms with E-state index in [0.29, 0.717) is 0 Å². The molecule has 1 saturated heterocycles. The van der Waals surface area contributed by atoms with Crippen LogP contribution in [0.4, 0.5) is 92.2 Å². The Kier molecular flexibility index (Phi) is 9.08.